The lowest BCUT2D eigenvalue weighted by Crippen LogP contribution is -2.44. The predicted molar refractivity (Wildman–Crippen MR) is 104 cm³/mol. The Kier molecular flexibility index (Phi) is 6.90. The first-order valence-corrected chi connectivity index (χ1v) is 10.2. The number of ether oxygens (including phenoxy) is 1. The zero-order chi connectivity index (χ0) is 22.7. The summed E-state index contributed by atoms with van der Waals surface area (Å²) in [6.07, 6.45) is -8.88. The van der Waals surface area contributed by atoms with Crippen LogP contribution in [0.2, 0.25) is 0 Å². The van der Waals surface area contributed by atoms with Crippen molar-refractivity contribution in [2.75, 3.05) is 19.8 Å². The van der Waals surface area contributed by atoms with Gasteiger partial charge in [-0.05, 0) is 43.2 Å². The van der Waals surface area contributed by atoms with Crippen LogP contribution in [0.4, 0.5) is 26.3 Å². The lowest BCUT2D eigenvalue weighted by atomic mass is 9.98. The monoisotopic (exact) mass is 463 g/mol. The van der Waals surface area contributed by atoms with Gasteiger partial charge in [-0.15, -0.1) is 11.8 Å². The van der Waals surface area contributed by atoms with Gasteiger partial charge in [0.2, 0.25) is 0 Å². The highest BCUT2D eigenvalue weighted by Crippen LogP contribution is 2.40. The lowest BCUT2D eigenvalue weighted by Gasteiger charge is -2.36. The first-order valence-electron chi connectivity index (χ1n) is 9.38. The molecule has 0 unspecified atom stereocenters. The van der Waals surface area contributed by atoms with E-state index in [1.54, 1.807) is 0 Å². The molecule has 1 aliphatic rings. The molecule has 1 aliphatic heterocycles. The summed E-state index contributed by atoms with van der Waals surface area (Å²) in [6.45, 7) is 0.960. The Morgan fingerprint density at radius 3 is 2.00 bits per heavy atom. The van der Waals surface area contributed by atoms with Gasteiger partial charge < -0.3 is 10.1 Å². The minimum atomic E-state index is -5.01. The van der Waals surface area contributed by atoms with Gasteiger partial charge in [-0.3, -0.25) is 4.79 Å². The van der Waals surface area contributed by atoms with Crippen molar-refractivity contribution in [2.45, 2.75) is 34.8 Å². The van der Waals surface area contributed by atoms with Crippen molar-refractivity contribution in [3.8, 4) is 0 Å². The fourth-order valence-electron chi connectivity index (χ4n) is 3.23. The van der Waals surface area contributed by atoms with E-state index < -0.39 is 39.7 Å². The van der Waals surface area contributed by atoms with Crippen LogP contribution in [-0.2, 0) is 17.1 Å². The van der Waals surface area contributed by atoms with Crippen molar-refractivity contribution >= 4 is 17.7 Å². The maximum atomic E-state index is 13.1. The van der Waals surface area contributed by atoms with Crippen molar-refractivity contribution in [3.05, 3.63) is 65.2 Å². The van der Waals surface area contributed by atoms with Gasteiger partial charge in [-0.2, -0.15) is 26.3 Å². The molecular formula is C21H19F6NO2S. The SMILES string of the molecule is O=C(NCC1(Sc2ccccc2)CCOCC1)c1cc(C(F)(F)F)cc(C(F)(F)F)c1. The molecule has 3 nitrogen and oxygen atoms in total. The van der Waals surface area contributed by atoms with E-state index in [0.29, 0.717) is 38.2 Å². The quantitative estimate of drug-likeness (QED) is 0.570. The van der Waals surface area contributed by atoms with Crippen LogP contribution in [0, 0.1) is 0 Å². The van der Waals surface area contributed by atoms with Crippen LogP contribution < -0.4 is 5.32 Å². The molecule has 0 aliphatic carbocycles. The molecule has 168 valence electrons. The molecular weight excluding hydrogens is 444 g/mol. The molecule has 2 aromatic carbocycles. The summed E-state index contributed by atoms with van der Waals surface area (Å²) < 4.78 is 83.3. The number of halogens is 6. The molecule has 1 amide bonds. The summed E-state index contributed by atoms with van der Waals surface area (Å²) in [6, 6.07) is 10.2. The van der Waals surface area contributed by atoms with Crippen molar-refractivity contribution < 1.29 is 35.9 Å². The number of thioether (sulfide) groups is 1. The summed E-state index contributed by atoms with van der Waals surface area (Å²) in [5.41, 5.74) is -3.73. The third-order valence-electron chi connectivity index (χ3n) is 4.90. The van der Waals surface area contributed by atoms with E-state index in [4.69, 9.17) is 4.74 Å². The van der Waals surface area contributed by atoms with Crippen LogP contribution in [0.1, 0.15) is 34.3 Å². The third-order valence-corrected chi connectivity index (χ3v) is 6.40. The summed E-state index contributed by atoms with van der Waals surface area (Å²) in [5.74, 6) is -0.990. The Balaban J connectivity index is 1.82. The largest absolute Gasteiger partial charge is 0.416 e. The van der Waals surface area contributed by atoms with E-state index in [2.05, 4.69) is 5.32 Å². The lowest BCUT2D eigenvalue weighted by molar-refractivity contribution is -0.143. The van der Waals surface area contributed by atoms with Crippen molar-refractivity contribution in [2.24, 2.45) is 0 Å². The molecule has 1 heterocycles. The number of carbonyl (C=O) groups is 1. The Bertz CT molecular complexity index is 876. The Morgan fingerprint density at radius 1 is 0.935 bits per heavy atom. The van der Waals surface area contributed by atoms with Gasteiger partial charge >= 0.3 is 12.4 Å². The highest BCUT2D eigenvalue weighted by molar-refractivity contribution is 8.00. The third kappa shape index (κ3) is 6.16. The van der Waals surface area contributed by atoms with Gasteiger partial charge in [0.05, 0.1) is 11.1 Å². The normalized spacial score (nSPS) is 16.7. The van der Waals surface area contributed by atoms with E-state index in [1.807, 2.05) is 30.3 Å². The standard InChI is InChI=1S/C21H19F6NO2S/c22-20(23,24)15-10-14(11-16(12-15)21(25,26)27)18(29)28-13-19(6-8-30-9-7-19)31-17-4-2-1-3-5-17/h1-5,10-12H,6-9,13H2,(H,28,29). The average molecular weight is 463 g/mol. The Labute approximate surface area is 179 Å². The van der Waals surface area contributed by atoms with Crippen LogP contribution >= 0.6 is 11.8 Å². The summed E-state index contributed by atoms with van der Waals surface area (Å²) in [7, 11) is 0. The number of hydrogen-bond acceptors (Lipinski definition) is 3. The van der Waals surface area contributed by atoms with Gasteiger partial charge in [0.1, 0.15) is 0 Å². The highest BCUT2D eigenvalue weighted by Gasteiger charge is 2.38. The van der Waals surface area contributed by atoms with E-state index >= 15 is 0 Å². The molecule has 31 heavy (non-hydrogen) atoms. The van der Waals surface area contributed by atoms with E-state index in [0.717, 1.165) is 4.90 Å². The molecule has 1 fully saturated rings. The van der Waals surface area contributed by atoms with Crippen LogP contribution in [0.3, 0.4) is 0 Å². The molecule has 0 radical (unpaired) electrons. The zero-order valence-corrected chi connectivity index (χ0v) is 17.0. The molecule has 0 bridgehead atoms. The van der Waals surface area contributed by atoms with Gasteiger partial charge in [-0.1, -0.05) is 18.2 Å². The van der Waals surface area contributed by atoms with Gasteiger partial charge in [0.25, 0.3) is 5.91 Å². The van der Waals surface area contributed by atoms with Crippen molar-refractivity contribution in [3.63, 3.8) is 0 Å². The van der Waals surface area contributed by atoms with Crippen LogP contribution in [0.25, 0.3) is 0 Å². The Hall–Kier alpha value is -2.20. The number of amides is 1. The number of nitrogens with one attached hydrogen (secondary N) is 1. The van der Waals surface area contributed by atoms with Crippen molar-refractivity contribution in [1.29, 1.82) is 0 Å². The molecule has 1 N–H and O–H groups in total. The number of alkyl halides is 6. The summed E-state index contributed by atoms with van der Waals surface area (Å²) >= 11 is 1.51. The van der Waals surface area contributed by atoms with Crippen LogP contribution in [0.5, 0.6) is 0 Å². The molecule has 0 atom stereocenters. The first-order chi connectivity index (χ1) is 14.5. The summed E-state index contributed by atoms with van der Waals surface area (Å²) in [4.78, 5) is 13.5. The van der Waals surface area contributed by atoms with E-state index in [1.165, 1.54) is 11.8 Å². The topological polar surface area (TPSA) is 38.3 Å². The highest BCUT2D eigenvalue weighted by atomic mass is 32.2. The second kappa shape index (κ2) is 9.12. The molecule has 0 aromatic heterocycles. The number of hydrogen-bond donors (Lipinski definition) is 1. The minimum absolute atomic E-state index is 0.00198. The second-order valence-corrected chi connectivity index (χ2v) is 8.73. The molecule has 1 saturated heterocycles. The zero-order valence-electron chi connectivity index (χ0n) is 16.1. The average Bonchev–Trinajstić information content (AvgIpc) is 2.72. The number of carbonyl (C=O) groups excluding carboxylic acids is 1. The van der Waals surface area contributed by atoms with E-state index in [-0.39, 0.29) is 12.6 Å². The van der Waals surface area contributed by atoms with Gasteiger partial charge in [0.15, 0.2) is 0 Å². The van der Waals surface area contributed by atoms with Gasteiger partial charge in [-0.25, -0.2) is 0 Å². The maximum absolute atomic E-state index is 13.1. The van der Waals surface area contributed by atoms with E-state index in [9.17, 15) is 31.1 Å². The fraction of sp³-hybridized carbons (Fsp3) is 0.381. The molecule has 2 aromatic rings. The minimum Gasteiger partial charge on any atom is -0.381 e. The number of benzene rings is 2. The number of rotatable bonds is 5. The molecule has 3 rings (SSSR count). The van der Waals surface area contributed by atoms with Gasteiger partial charge in [0, 0.05) is 35.0 Å². The van der Waals surface area contributed by atoms with Crippen molar-refractivity contribution in [1.82, 2.24) is 5.32 Å². The molecule has 0 spiro atoms. The smallest absolute Gasteiger partial charge is 0.381 e. The second-order valence-electron chi connectivity index (χ2n) is 7.19. The first kappa shape index (κ1) is 23.5. The predicted octanol–water partition coefficient (Wildman–Crippen LogP) is 5.80. The van der Waals surface area contributed by atoms with Crippen LogP contribution in [0.15, 0.2) is 53.4 Å². The molecule has 0 saturated carbocycles. The van der Waals surface area contributed by atoms with Crippen LogP contribution in [-0.4, -0.2) is 30.4 Å². The maximum Gasteiger partial charge on any atom is 0.416 e. The summed E-state index contributed by atoms with van der Waals surface area (Å²) in [5, 5.41) is 2.54. The fourth-order valence-corrected chi connectivity index (χ4v) is 4.53. The Morgan fingerprint density at radius 2 is 1.48 bits per heavy atom. The molecule has 10 heteroatoms.